The molecule has 2 aromatic rings. The summed E-state index contributed by atoms with van der Waals surface area (Å²) >= 11 is 12.8. The van der Waals surface area contributed by atoms with Crippen LogP contribution in [-0.2, 0) is 21.4 Å². The van der Waals surface area contributed by atoms with E-state index in [0.29, 0.717) is 16.5 Å². The number of halogens is 2. The fraction of sp³-hybridized carbons (Fsp3) is 0.588. The average molecular weight is 603 g/mol. The van der Waals surface area contributed by atoms with E-state index < -0.39 is 0 Å². The van der Waals surface area contributed by atoms with Gasteiger partial charge in [-0.1, -0.05) is 72.4 Å². The molecule has 2 aliphatic rings. The molecule has 5 nitrogen and oxygen atoms in total. The Bertz CT molecular complexity index is 1140. The third-order valence-corrected chi connectivity index (χ3v) is 9.53. The zero-order chi connectivity index (χ0) is 30.2. The predicted octanol–water partition coefficient (Wildman–Crippen LogP) is 7.18. The van der Waals surface area contributed by atoms with Crippen LogP contribution in [0.4, 0.5) is 0 Å². The number of benzene rings is 2. The van der Waals surface area contributed by atoms with Crippen molar-refractivity contribution in [2.24, 2.45) is 11.8 Å². The molecule has 2 saturated heterocycles. The topological polar surface area (TPSA) is 43.9 Å². The summed E-state index contributed by atoms with van der Waals surface area (Å²) in [6, 6.07) is 12.5. The quantitative estimate of drug-likeness (QED) is 0.301. The number of piperidine rings is 2. The molecule has 2 amide bonds. The van der Waals surface area contributed by atoms with E-state index in [1.54, 1.807) is 14.1 Å². The summed E-state index contributed by atoms with van der Waals surface area (Å²) in [5, 5.41) is 1.19. The van der Waals surface area contributed by atoms with Crippen molar-refractivity contribution < 1.29 is 9.59 Å². The smallest absolute Gasteiger partial charge is 0.227 e. The van der Waals surface area contributed by atoms with Gasteiger partial charge in [0.2, 0.25) is 12.3 Å². The number of hydrogen-bond donors (Lipinski definition) is 0. The van der Waals surface area contributed by atoms with Gasteiger partial charge in [0.25, 0.3) is 0 Å². The Labute approximate surface area is 258 Å². The van der Waals surface area contributed by atoms with E-state index in [4.69, 9.17) is 23.2 Å². The molecular formula is C34H49Cl2N3O2. The highest BCUT2D eigenvalue weighted by molar-refractivity contribution is 6.42. The second kappa shape index (κ2) is 15.4. The maximum atomic E-state index is 13.5. The van der Waals surface area contributed by atoms with Crippen LogP contribution in [0.3, 0.4) is 0 Å². The summed E-state index contributed by atoms with van der Waals surface area (Å²) in [6.07, 6.45) is 6.90. The Morgan fingerprint density at radius 1 is 1.02 bits per heavy atom. The zero-order valence-electron chi connectivity index (χ0n) is 25.9. The Balaban J connectivity index is 0.000000850. The summed E-state index contributed by atoms with van der Waals surface area (Å²) < 4.78 is 0. The van der Waals surface area contributed by atoms with Crippen molar-refractivity contribution in [3.63, 3.8) is 0 Å². The highest BCUT2D eigenvalue weighted by Gasteiger charge is 2.39. The van der Waals surface area contributed by atoms with Crippen molar-refractivity contribution in [3.05, 3.63) is 68.7 Å². The van der Waals surface area contributed by atoms with Crippen molar-refractivity contribution in [2.45, 2.75) is 71.6 Å². The van der Waals surface area contributed by atoms with E-state index in [-0.39, 0.29) is 11.3 Å². The number of aryl methyl sites for hydroxylation is 2. The highest BCUT2D eigenvalue weighted by atomic mass is 35.5. The fourth-order valence-electron chi connectivity index (χ4n) is 6.43. The Morgan fingerprint density at radius 2 is 1.66 bits per heavy atom. The molecule has 1 atom stereocenters. The molecule has 0 spiro atoms. The zero-order valence-corrected chi connectivity index (χ0v) is 27.4. The molecule has 2 aromatic carbocycles. The minimum atomic E-state index is -0.0977. The third kappa shape index (κ3) is 9.73. The summed E-state index contributed by atoms with van der Waals surface area (Å²) in [5.74, 6) is 1.84. The lowest BCUT2D eigenvalue weighted by Crippen LogP contribution is -2.50. The largest absolute Gasteiger partial charge is 0.351 e. The van der Waals surface area contributed by atoms with E-state index in [1.807, 2.05) is 12.1 Å². The number of carbonyl (C=O) groups is 2. The number of hydrogen-bond acceptors (Lipinski definition) is 3. The molecule has 2 fully saturated rings. The second-order valence-corrected chi connectivity index (χ2v) is 13.6. The van der Waals surface area contributed by atoms with E-state index in [1.165, 1.54) is 47.5 Å². The number of rotatable bonds is 8. The van der Waals surface area contributed by atoms with Gasteiger partial charge in [-0.15, -0.1) is 0 Å². The molecule has 4 rings (SSSR count). The molecule has 41 heavy (non-hydrogen) atoms. The van der Waals surface area contributed by atoms with Crippen molar-refractivity contribution in [3.8, 4) is 0 Å². The molecule has 0 N–H and O–H groups in total. The normalized spacial score (nSPS) is 20.0. The SMILES string of the molecule is CN(C)C=O.Cc1cc(C)cc(CC(=O)N2CCCC(CCN3CCC(C(C)C)CC3)(c3ccc(Cl)c(Cl)c3)C2)c1. The van der Waals surface area contributed by atoms with Crippen LogP contribution in [0.25, 0.3) is 0 Å². The van der Waals surface area contributed by atoms with Crippen molar-refractivity contribution >= 4 is 35.5 Å². The van der Waals surface area contributed by atoms with Crippen LogP contribution in [0.2, 0.25) is 10.0 Å². The van der Waals surface area contributed by atoms with E-state index in [9.17, 15) is 9.59 Å². The molecule has 2 heterocycles. The number of carbonyl (C=O) groups excluding carboxylic acids is 2. The number of amides is 2. The van der Waals surface area contributed by atoms with E-state index >= 15 is 0 Å². The first-order chi connectivity index (χ1) is 19.4. The Morgan fingerprint density at radius 3 is 2.22 bits per heavy atom. The maximum Gasteiger partial charge on any atom is 0.227 e. The third-order valence-electron chi connectivity index (χ3n) is 8.79. The van der Waals surface area contributed by atoms with Crippen molar-refractivity contribution in [2.75, 3.05) is 46.8 Å². The molecule has 7 heteroatoms. The molecular weight excluding hydrogens is 553 g/mol. The van der Waals surface area contributed by atoms with E-state index in [0.717, 1.165) is 62.7 Å². The molecule has 0 bridgehead atoms. The summed E-state index contributed by atoms with van der Waals surface area (Å²) in [7, 11) is 3.38. The summed E-state index contributed by atoms with van der Waals surface area (Å²) in [5.41, 5.74) is 4.65. The van der Waals surface area contributed by atoms with Crippen LogP contribution in [0.1, 0.15) is 68.2 Å². The van der Waals surface area contributed by atoms with Crippen molar-refractivity contribution in [1.29, 1.82) is 0 Å². The van der Waals surface area contributed by atoms with Gasteiger partial charge in [-0.05, 0) is 101 Å². The van der Waals surface area contributed by atoms with Crippen molar-refractivity contribution in [1.82, 2.24) is 14.7 Å². The summed E-state index contributed by atoms with van der Waals surface area (Å²) in [4.78, 5) is 29.1. The van der Waals surface area contributed by atoms with Gasteiger partial charge >= 0.3 is 0 Å². The lowest BCUT2D eigenvalue weighted by molar-refractivity contribution is -0.132. The minimum Gasteiger partial charge on any atom is -0.351 e. The molecule has 2 aliphatic heterocycles. The second-order valence-electron chi connectivity index (χ2n) is 12.7. The first-order valence-electron chi connectivity index (χ1n) is 15.1. The van der Waals surface area contributed by atoms with Gasteiger partial charge in [0, 0.05) is 32.6 Å². The van der Waals surface area contributed by atoms with Crippen LogP contribution in [0.15, 0.2) is 36.4 Å². The number of likely N-dealkylation sites (tertiary alicyclic amines) is 2. The van der Waals surface area contributed by atoms with E-state index in [2.05, 4.69) is 61.8 Å². The maximum absolute atomic E-state index is 13.5. The first kappa shape index (κ1) is 33.4. The fourth-order valence-corrected chi connectivity index (χ4v) is 6.73. The van der Waals surface area contributed by atoms with Gasteiger partial charge in [-0.3, -0.25) is 9.59 Å². The number of nitrogens with zero attached hydrogens (tertiary/aromatic N) is 3. The lowest BCUT2D eigenvalue weighted by Gasteiger charge is -2.45. The minimum absolute atomic E-state index is 0.0977. The monoisotopic (exact) mass is 601 g/mol. The van der Waals surface area contributed by atoms with Gasteiger partial charge in [0.05, 0.1) is 16.5 Å². The molecule has 0 aliphatic carbocycles. The highest BCUT2D eigenvalue weighted by Crippen LogP contribution is 2.40. The first-order valence-corrected chi connectivity index (χ1v) is 15.8. The van der Waals surface area contributed by atoms with Crippen LogP contribution in [0, 0.1) is 25.7 Å². The van der Waals surface area contributed by atoms with Gasteiger partial charge in [0.15, 0.2) is 0 Å². The average Bonchev–Trinajstić information content (AvgIpc) is 2.93. The predicted molar refractivity (Wildman–Crippen MR) is 172 cm³/mol. The summed E-state index contributed by atoms with van der Waals surface area (Å²) in [6.45, 7) is 13.9. The van der Waals surface area contributed by atoms with Gasteiger partial charge < -0.3 is 14.7 Å². The Hall–Kier alpha value is -2.08. The Kier molecular flexibility index (Phi) is 12.6. The molecule has 226 valence electrons. The van der Waals surface area contributed by atoms with Crippen LogP contribution < -0.4 is 0 Å². The van der Waals surface area contributed by atoms with Gasteiger partial charge in [0.1, 0.15) is 0 Å². The molecule has 0 saturated carbocycles. The lowest BCUT2D eigenvalue weighted by atomic mass is 9.71. The molecule has 0 aromatic heterocycles. The molecule has 0 radical (unpaired) electrons. The van der Waals surface area contributed by atoms with Crippen LogP contribution >= 0.6 is 23.2 Å². The molecule has 1 unspecified atom stereocenters. The standard InChI is InChI=1S/C31H42Cl2N2O.C3H7NO/c1-22(2)26-8-13-34(14-9-26)15-11-31(27-6-7-28(32)29(33)20-27)10-5-12-35(21-31)30(36)19-25-17-23(3)16-24(4)18-25;1-4(2)3-5/h6-7,16-18,20,22,26H,5,8-15,19,21H2,1-4H3;3H,1-2H3. The van der Waals surface area contributed by atoms with Gasteiger partial charge in [-0.2, -0.15) is 0 Å². The van der Waals surface area contributed by atoms with Gasteiger partial charge in [-0.25, -0.2) is 0 Å². The van der Waals surface area contributed by atoms with Crippen LogP contribution in [-0.4, -0.2) is 73.8 Å². The van der Waals surface area contributed by atoms with Crippen LogP contribution in [0.5, 0.6) is 0 Å².